The third-order valence-electron chi connectivity index (χ3n) is 1.18. The van der Waals surface area contributed by atoms with Gasteiger partial charge in [0.15, 0.2) is 0 Å². The topological polar surface area (TPSA) is 17.1 Å². The van der Waals surface area contributed by atoms with E-state index in [-0.39, 0.29) is 0 Å². The van der Waals surface area contributed by atoms with E-state index < -0.39 is 5.24 Å². The minimum atomic E-state index is -0.478. The highest BCUT2D eigenvalue weighted by Gasteiger charge is 2.06. The summed E-state index contributed by atoms with van der Waals surface area (Å²) in [5.74, 6) is 0. The first kappa shape index (κ1) is 8.91. The Bertz CT molecular complexity index is 275. The summed E-state index contributed by atoms with van der Waals surface area (Å²) in [6.45, 7) is 0. The van der Waals surface area contributed by atoms with Crippen LogP contribution in [-0.4, -0.2) is 5.24 Å². The van der Waals surface area contributed by atoms with Gasteiger partial charge in [0, 0.05) is 10.5 Å². The van der Waals surface area contributed by atoms with E-state index in [1.807, 2.05) is 0 Å². The second-order valence-corrected chi connectivity index (χ2v) is 3.25. The van der Waals surface area contributed by atoms with Crippen LogP contribution in [0, 0.1) is 0 Å². The number of halogens is 2. The van der Waals surface area contributed by atoms with Crippen molar-refractivity contribution in [2.75, 3.05) is 0 Å². The minimum absolute atomic E-state index is 0.453. The van der Waals surface area contributed by atoms with Crippen molar-refractivity contribution < 1.29 is 4.79 Å². The normalized spacial score (nSPS) is 9.64. The highest BCUT2D eigenvalue weighted by Crippen LogP contribution is 2.26. The Morgan fingerprint density at radius 2 is 2.00 bits per heavy atom. The predicted octanol–water partition coefficient (Wildman–Crippen LogP) is 3.31. The Morgan fingerprint density at radius 3 is 2.45 bits per heavy atom. The average molecular weight is 209 g/mol. The lowest BCUT2D eigenvalue weighted by Gasteiger charge is -1.98. The molecular formula is C7H4Cl2OS. The third-order valence-corrected chi connectivity index (χ3v) is 2.41. The van der Waals surface area contributed by atoms with E-state index in [1.54, 1.807) is 24.3 Å². The van der Waals surface area contributed by atoms with Crippen LogP contribution in [0.3, 0.4) is 0 Å². The molecule has 0 saturated heterocycles. The van der Waals surface area contributed by atoms with Crippen molar-refractivity contribution in [3.05, 3.63) is 29.8 Å². The molecule has 4 heteroatoms. The summed E-state index contributed by atoms with van der Waals surface area (Å²) in [7, 11) is 6.47. The monoisotopic (exact) mass is 208 g/mol. The smallest absolute Gasteiger partial charge is 0.253 e. The van der Waals surface area contributed by atoms with Gasteiger partial charge in [0.1, 0.15) is 0 Å². The lowest BCUT2D eigenvalue weighted by Crippen LogP contribution is -1.89. The second-order valence-electron chi connectivity index (χ2n) is 1.85. The average Bonchev–Trinajstić information content (AvgIpc) is 2.04. The largest absolute Gasteiger partial charge is 0.276 e. The molecule has 1 rings (SSSR count). The van der Waals surface area contributed by atoms with E-state index in [9.17, 15) is 4.79 Å². The first-order chi connectivity index (χ1) is 5.25. The quantitative estimate of drug-likeness (QED) is 0.695. The van der Waals surface area contributed by atoms with Crippen molar-refractivity contribution in [3.63, 3.8) is 0 Å². The molecule has 0 N–H and O–H groups in total. The fourth-order valence-electron chi connectivity index (χ4n) is 0.696. The van der Waals surface area contributed by atoms with Crippen LogP contribution in [0.5, 0.6) is 0 Å². The molecule has 0 amide bonds. The fourth-order valence-corrected chi connectivity index (χ4v) is 1.69. The summed E-state index contributed by atoms with van der Waals surface area (Å²) in [6.07, 6.45) is 0. The maximum Gasteiger partial charge on any atom is 0.253 e. The van der Waals surface area contributed by atoms with Gasteiger partial charge in [-0.05, 0) is 45.4 Å². The van der Waals surface area contributed by atoms with Crippen molar-refractivity contribution in [2.45, 2.75) is 4.90 Å². The molecule has 0 aromatic heterocycles. The summed E-state index contributed by atoms with van der Waals surface area (Å²) in [5.41, 5.74) is 0.453. The number of carbonyl (C=O) groups is 1. The number of rotatable bonds is 2. The van der Waals surface area contributed by atoms with Crippen molar-refractivity contribution >= 4 is 38.5 Å². The van der Waals surface area contributed by atoms with Gasteiger partial charge < -0.3 is 0 Å². The van der Waals surface area contributed by atoms with Crippen LogP contribution in [0.25, 0.3) is 0 Å². The van der Waals surface area contributed by atoms with E-state index in [0.29, 0.717) is 10.5 Å². The zero-order valence-electron chi connectivity index (χ0n) is 5.38. The number of benzene rings is 1. The number of hydrogen-bond acceptors (Lipinski definition) is 2. The zero-order valence-corrected chi connectivity index (χ0v) is 7.71. The van der Waals surface area contributed by atoms with Gasteiger partial charge in [0.25, 0.3) is 5.24 Å². The van der Waals surface area contributed by atoms with Gasteiger partial charge in [-0.25, -0.2) is 0 Å². The van der Waals surface area contributed by atoms with Gasteiger partial charge in [-0.15, -0.1) is 0 Å². The van der Waals surface area contributed by atoms with E-state index in [2.05, 4.69) is 0 Å². The number of carbonyl (C=O) groups excluding carboxylic acids is 1. The molecule has 0 radical (unpaired) electrons. The van der Waals surface area contributed by atoms with Gasteiger partial charge in [-0.3, -0.25) is 4.79 Å². The standard InChI is InChI=1S/C7H4Cl2OS/c8-7(10)5-3-1-2-4-6(5)11-9/h1-4H/i7+2. The van der Waals surface area contributed by atoms with Gasteiger partial charge in [0.2, 0.25) is 0 Å². The Hall–Kier alpha value is -0.180. The molecule has 0 heterocycles. The fraction of sp³-hybridized carbons (Fsp3) is 0. The van der Waals surface area contributed by atoms with E-state index in [1.165, 1.54) is 0 Å². The van der Waals surface area contributed by atoms with Gasteiger partial charge in [-0.2, -0.15) is 0 Å². The molecule has 1 nitrogen and oxygen atoms in total. The molecule has 1 aromatic carbocycles. The molecule has 0 saturated carbocycles. The molecule has 0 bridgehead atoms. The molecule has 0 aliphatic heterocycles. The molecule has 0 spiro atoms. The summed E-state index contributed by atoms with van der Waals surface area (Å²) in [6, 6.07) is 6.92. The Morgan fingerprint density at radius 1 is 1.36 bits per heavy atom. The maximum atomic E-state index is 10.7. The summed E-state index contributed by atoms with van der Waals surface area (Å²) >= 11 is 5.28. The first-order valence-electron chi connectivity index (χ1n) is 2.83. The van der Waals surface area contributed by atoms with Gasteiger partial charge >= 0.3 is 0 Å². The van der Waals surface area contributed by atoms with E-state index in [0.717, 1.165) is 11.0 Å². The molecule has 0 aliphatic carbocycles. The van der Waals surface area contributed by atoms with Crippen LogP contribution in [0.4, 0.5) is 0 Å². The molecule has 0 atom stereocenters. The molecule has 1 aromatic rings. The van der Waals surface area contributed by atoms with Crippen LogP contribution in [0.15, 0.2) is 29.2 Å². The third kappa shape index (κ3) is 2.12. The lowest BCUT2D eigenvalue weighted by molar-refractivity contribution is 0.107. The Kier molecular flexibility index (Phi) is 3.24. The van der Waals surface area contributed by atoms with Crippen molar-refractivity contribution in [1.82, 2.24) is 0 Å². The number of hydrogen-bond donors (Lipinski definition) is 0. The zero-order chi connectivity index (χ0) is 8.27. The Balaban J connectivity index is 3.12. The van der Waals surface area contributed by atoms with Crippen LogP contribution in [-0.2, 0) is 0 Å². The molecule has 0 unspecified atom stereocenters. The van der Waals surface area contributed by atoms with Crippen molar-refractivity contribution in [2.24, 2.45) is 0 Å². The predicted molar refractivity (Wildman–Crippen MR) is 48.3 cm³/mol. The SMILES string of the molecule is O=[14C](Cl)c1ccccc1SCl. The van der Waals surface area contributed by atoms with Crippen molar-refractivity contribution in [1.29, 1.82) is 0 Å². The second kappa shape index (κ2) is 4.00. The summed E-state index contributed by atoms with van der Waals surface area (Å²) in [4.78, 5) is 11.4. The molecule has 58 valence electrons. The van der Waals surface area contributed by atoms with Crippen LogP contribution >= 0.6 is 33.3 Å². The highest BCUT2D eigenvalue weighted by molar-refractivity contribution is 8.21. The molecule has 0 fully saturated rings. The minimum Gasteiger partial charge on any atom is -0.276 e. The highest BCUT2D eigenvalue weighted by atomic mass is 35.7. The van der Waals surface area contributed by atoms with Crippen molar-refractivity contribution in [3.8, 4) is 0 Å². The summed E-state index contributed by atoms with van der Waals surface area (Å²) < 4.78 is 0. The molecule has 11 heavy (non-hydrogen) atoms. The lowest BCUT2D eigenvalue weighted by atomic mass is 10.3. The van der Waals surface area contributed by atoms with E-state index >= 15 is 0 Å². The van der Waals surface area contributed by atoms with Crippen LogP contribution < -0.4 is 0 Å². The maximum absolute atomic E-state index is 10.7. The first-order valence-corrected chi connectivity index (χ1v) is 4.85. The van der Waals surface area contributed by atoms with Gasteiger partial charge in [-0.1, -0.05) is 12.1 Å². The molecular weight excluding hydrogens is 205 g/mol. The Labute approximate surface area is 78.2 Å². The molecule has 0 aliphatic rings. The van der Waals surface area contributed by atoms with Crippen LogP contribution in [0.2, 0.25) is 0 Å². The van der Waals surface area contributed by atoms with Crippen LogP contribution in [0.1, 0.15) is 10.4 Å². The van der Waals surface area contributed by atoms with Gasteiger partial charge in [0.05, 0.1) is 0 Å². The summed E-state index contributed by atoms with van der Waals surface area (Å²) in [5, 5.41) is -0.478. The van der Waals surface area contributed by atoms with E-state index in [4.69, 9.17) is 22.3 Å².